The van der Waals surface area contributed by atoms with Crippen molar-refractivity contribution in [3.05, 3.63) is 71.3 Å². The molecule has 4 saturated heterocycles. The highest BCUT2D eigenvalue weighted by Crippen LogP contribution is 2.41. The summed E-state index contributed by atoms with van der Waals surface area (Å²) in [7, 11) is 0. The Balaban J connectivity index is 1.17. The molecule has 4 aliphatic heterocycles. The summed E-state index contributed by atoms with van der Waals surface area (Å²) in [6, 6.07) is 11.1. The summed E-state index contributed by atoms with van der Waals surface area (Å²) in [6.07, 6.45) is -5.60. The quantitative estimate of drug-likeness (QED) is 0.238. The molecule has 2 unspecified atom stereocenters. The minimum atomic E-state index is -1.25. The molecule has 0 radical (unpaired) electrons. The average Bonchev–Trinajstić information content (AvgIpc) is 3.71. The van der Waals surface area contributed by atoms with E-state index in [0.29, 0.717) is 39.0 Å². The van der Waals surface area contributed by atoms with E-state index >= 15 is 0 Å². The first-order valence-corrected chi connectivity index (χ1v) is 16.5. The van der Waals surface area contributed by atoms with Crippen LogP contribution in [-0.4, -0.2) is 139 Å². The van der Waals surface area contributed by atoms with Gasteiger partial charge in [0.15, 0.2) is 0 Å². The van der Waals surface area contributed by atoms with Crippen LogP contribution in [-0.2, 0) is 9.47 Å². The first kappa shape index (κ1) is 33.2. The second-order valence-electron chi connectivity index (χ2n) is 12.6. The van der Waals surface area contributed by atoms with Crippen LogP contribution in [0.15, 0.2) is 48.5 Å². The largest absolute Gasteiger partial charge is 0.394 e. The Labute approximate surface area is 265 Å². The first-order chi connectivity index (χ1) is 21.7. The van der Waals surface area contributed by atoms with Gasteiger partial charge in [-0.15, -0.1) is 0 Å². The number of rotatable bonds is 8. The van der Waals surface area contributed by atoms with Gasteiger partial charge in [-0.05, 0) is 73.2 Å². The molecule has 6 rings (SSSR count). The van der Waals surface area contributed by atoms with Crippen LogP contribution in [0, 0.1) is 11.6 Å². The highest BCUT2D eigenvalue weighted by atomic mass is 32.2. The standard InChI is InChI=1S/C32H42F2N2O8S/c33-21-5-1-3-17(11-21)19-7-9-35(13-19)25-27(39)23(15-37)43-31(29(25)41)45-32-30(42)26(28(40)24(16-38)44-32)36-10-8-20(14-36)18-4-2-6-22(34)12-18/h1-6,11-12,19-20,23-32,37-42H,7-10,13-16H2/t19?,20?,23-,24-,25+,26+,27+,28+,29-,30-,31+,32+/m1/s1. The van der Waals surface area contributed by atoms with Crippen LogP contribution >= 0.6 is 11.8 Å². The van der Waals surface area contributed by atoms with Gasteiger partial charge in [0.1, 0.15) is 59.1 Å². The van der Waals surface area contributed by atoms with Crippen LogP contribution in [0.4, 0.5) is 8.78 Å². The molecule has 4 fully saturated rings. The Morgan fingerprint density at radius 2 is 1.09 bits per heavy atom. The van der Waals surface area contributed by atoms with Crippen molar-refractivity contribution in [1.82, 2.24) is 9.80 Å². The van der Waals surface area contributed by atoms with Crippen molar-refractivity contribution in [2.24, 2.45) is 0 Å². The van der Waals surface area contributed by atoms with E-state index in [2.05, 4.69) is 0 Å². The molecule has 6 N–H and O–H groups in total. The Bertz CT molecular complexity index is 1200. The second kappa shape index (κ2) is 14.2. The zero-order valence-corrected chi connectivity index (χ0v) is 25.6. The van der Waals surface area contributed by atoms with E-state index in [1.807, 2.05) is 21.9 Å². The number of hydrogen-bond donors (Lipinski definition) is 6. The van der Waals surface area contributed by atoms with Crippen LogP contribution in [0.25, 0.3) is 0 Å². The lowest BCUT2D eigenvalue weighted by Crippen LogP contribution is -2.66. The van der Waals surface area contributed by atoms with Gasteiger partial charge in [0, 0.05) is 13.1 Å². The summed E-state index contributed by atoms with van der Waals surface area (Å²) in [5.74, 6) is -0.672. The Hall–Kier alpha value is -1.75. The molecule has 13 heteroatoms. The molecular formula is C32H42F2N2O8S. The third-order valence-electron chi connectivity index (χ3n) is 9.89. The average molecular weight is 653 g/mol. The molecular weight excluding hydrogens is 610 g/mol. The maximum atomic E-state index is 13.9. The molecule has 0 saturated carbocycles. The fourth-order valence-electron chi connectivity index (χ4n) is 7.54. The van der Waals surface area contributed by atoms with Crippen molar-refractivity contribution >= 4 is 11.8 Å². The molecule has 4 aliphatic rings. The van der Waals surface area contributed by atoms with Gasteiger partial charge in [0.25, 0.3) is 0 Å². The van der Waals surface area contributed by atoms with E-state index in [9.17, 15) is 39.4 Å². The molecule has 10 nitrogen and oxygen atoms in total. The zero-order chi connectivity index (χ0) is 31.8. The lowest BCUT2D eigenvalue weighted by atomic mass is 9.95. The number of hydrogen-bond acceptors (Lipinski definition) is 11. The zero-order valence-electron chi connectivity index (χ0n) is 24.8. The van der Waals surface area contributed by atoms with Gasteiger partial charge in [-0.3, -0.25) is 9.80 Å². The molecule has 45 heavy (non-hydrogen) atoms. The lowest BCUT2D eigenvalue weighted by Gasteiger charge is -2.49. The molecule has 0 amide bonds. The number of aliphatic hydroxyl groups is 6. The number of ether oxygens (including phenoxy) is 2. The third kappa shape index (κ3) is 6.81. The van der Waals surface area contributed by atoms with E-state index in [0.717, 1.165) is 22.9 Å². The number of nitrogens with zero attached hydrogens (tertiary/aromatic N) is 2. The molecule has 0 spiro atoms. The van der Waals surface area contributed by atoms with Crippen molar-refractivity contribution in [3.8, 4) is 0 Å². The van der Waals surface area contributed by atoms with E-state index in [4.69, 9.17) is 9.47 Å². The van der Waals surface area contributed by atoms with Crippen LogP contribution in [0.1, 0.15) is 35.8 Å². The van der Waals surface area contributed by atoms with Gasteiger partial charge in [-0.25, -0.2) is 8.78 Å². The summed E-state index contributed by atoms with van der Waals surface area (Å²) in [4.78, 5) is 3.86. The van der Waals surface area contributed by atoms with Gasteiger partial charge >= 0.3 is 0 Å². The molecule has 0 bridgehead atoms. The third-order valence-corrected chi connectivity index (χ3v) is 11.2. The van der Waals surface area contributed by atoms with Crippen molar-refractivity contribution in [3.63, 3.8) is 0 Å². The molecule has 2 aromatic carbocycles. The minimum absolute atomic E-state index is 0.00523. The van der Waals surface area contributed by atoms with Crippen molar-refractivity contribution in [2.75, 3.05) is 39.4 Å². The predicted molar refractivity (Wildman–Crippen MR) is 161 cm³/mol. The van der Waals surface area contributed by atoms with E-state index in [1.54, 1.807) is 12.1 Å². The van der Waals surface area contributed by atoms with Crippen LogP contribution in [0.5, 0.6) is 0 Å². The summed E-state index contributed by atoms with van der Waals surface area (Å²) in [5, 5.41) is 65.5. The summed E-state index contributed by atoms with van der Waals surface area (Å²) in [6.45, 7) is 0.963. The molecule has 2 aromatic rings. The Kier molecular flexibility index (Phi) is 10.4. The van der Waals surface area contributed by atoms with E-state index in [1.165, 1.54) is 24.3 Å². The molecule has 0 aliphatic carbocycles. The highest BCUT2D eigenvalue weighted by Gasteiger charge is 2.53. The van der Waals surface area contributed by atoms with Crippen molar-refractivity contribution in [2.45, 2.75) is 84.3 Å². The smallest absolute Gasteiger partial charge is 0.133 e. The number of aliphatic hydroxyl groups excluding tert-OH is 6. The lowest BCUT2D eigenvalue weighted by molar-refractivity contribution is -0.196. The first-order valence-electron chi connectivity index (χ1n) is 15.6. The maximum Gasteiger partial charge on any atom is 0.133 e. The highest BCUT2D eigenvalue weighted by molar-refractivity contribution is 8.00. The molecule has 0 aromatic heterocycles. The van der Waals surface area contributed by atoms with E-state index in [-0.39, 0.29) is 23.5 Å². The van der Waals surface area contributed by atoms with Crippen LogP contribution in [0.2, 0.25) is 0 Å². The normalized spacial score (nSPS) is 39.8. The number of benzene rings is 2. The van der Waals surface area contributed by atoms with Gasteiger partial charge in [-0.1, -0.05) is 36.0 Å². The van der Waals surface area contributed by atoms with Crippen molar-refractivity contribution < 1.29 is 48.9 Å². The monoisotopic (exact) mass is 652 g/mol. The van der Waals surface area contributed by atoms with Gasteiger partial charge < -0.3 is 40.1 Å². The van der Waals surface area contributed by atoms with Gasteiger partial charge in [0.2, 0.25) is 0 Å². The predicted octanol–water partition coefficient (Wildman–Crippen LogP) is 0.592. The Morgan fingerprint density at radius 3 is 1.47 bits per heavy atom. The van der Waals surface area contributed by atoms with E-state index < -0.39 is 72.8 Å². The Morgan fingerprint density at radius 1 is 0.667 bits per heavy atom. The topological polar surface area (TPSA) is 146 Å². The van der Waals surface area contributed by atoms with Crippen LogP contribution in [0.3, 0.4) is 0 Å². The SMILES string of the molecule is OC[C@H]1O[C@@H](S[C@@H]2O[C@H](CO)[C@H](O)[C@H](N3CCC(c4cccc(F)c4)C3)[C@H]2O)[C@H](O)[C@@H](N2CCC(c3cccc(F)c3)C2)[C@H]1O. The van der Waals surface area contributed by atoms with Gasteiger partial charge in [0.05, 0.1) is 25.3 Å². The summed E-state index contributed by atoms with van der Waals surface area (Å²) in [5.41, 5.74) is -0.397. The van der Waals surface area contributed by atoms with Gasteiger partial charge in [-0.2, -0.15) is 0 Å². The maximum absolute atomic E-state index is 13.9. The molecule has 4 heterocycles. The number of likely N-dealkylation sites (tertiary alicyclic amines) is 2. The summed E-state index contributed by atoms with van der Waals surface area (Å²) >= 11 is 0.982. The minimum Gasteiger partial charge on any atom is -0.394 e. The molecule has 12 atom stereocenters. The fraction of sp³-hybridized carbons (Fsp3) is 0.625. The fourth-order valence-corrected chi connectivity index (χ4v) is 8.86. The number of halogens is 2. The molecule has 248 valence electrons. The van der Waals surface area contributed by atoms with Crippen molar-refractivity contribution in [1.29, 1.82) is 0 Å². The van der Waals surface area contributed by atoms with Crippen LogP contribution < -0.4 is 0 Å². The number of thioether (sulfide) groups is 1. The second-order valence-corrected chi connectivity index (χ2v) is 13.8. The summed E-state index contributed by atoms with van der Waals surface area (Å²) < 4.78 is 39.7.